The summed E-state index contributed by atoms with van der Waals surface area (Å²) in [7, 11) is -0.671. The molecule has 3 rings (SSSR count). The van der Waals surface area contributed by atoms with Gasteiger partial charge in [-0.15, -0.1) is 0 Å². The van der Waals surface area contributed by atoms with Crippen LogP contribution in [0.4, 0.5) is 0 Å². The monoisotopic (exact) mass is 468 g/mol. The highest BCUT2D eigenvalue weighted by Crippen LogP contribution is 2.30. The van der Waals surface area contributed by atoms with Crippen molar-refractivity contribution in [2.45, 2.75) is 17.9 Å². The zero-order valence-electron chi connectivity index (χ0n) is 17.6. The molecule has 2 aromatic carbocycles. The fourth-order valence-corrected chi connectivity index (χ4v) is 4.89. The van der Waals surface area contributed by atoms with Crippen molar-refractivity contribution < 1.29 is 27.4 Å². The first-order valence-electron chi connectivity index (χ1n) is 9.68. The molecule has 1 aliphatic heterocycles. The molecule has 2 aromatic rings. The molecule has 1 atom stereocenters. The highest BCUT2D eigenvalue weighted by molar-refractivity contribution is 7.89. The van der Waals surface area contributed by atoms with Gasteiger partial charge in [0.05, 0.1) is 49.0 Å². The Bertz CT molecular complexity index is 1050. The van der Waals surface area contributed by atoms with Crippen molar-refractivity contribution in [1.29, 1.82) is 0 Å². The van der Waals surface area contributed by atoms with Crippen molar-refractivity contribution in [3.8, 4) is 11.5 Å². The zero-order valence-corrected chi connectivity index (χ0v) is 19.1. The summed E-state index contributed by atoms with van der Waals surface area (Å²) in [4.78, 5) is 12.9. The minimum atomic E-state index is -3.75. The van der Waals surface area contributed by atoms with Gasteiger partial charge >= 0.3 is 0 Å². The normalized spacial score (nSPS) is 15.9. The summed E-state index contributed by atoms with van der Waals surface area (Å²) in [5.41, 5.74) is 0.877. The average Bonchev–Trinajstić information content (AvgIpc) is 2.79. The standard InChI is InChI=1S/C21H25ClN2O6S/c1-14(15-4-7-19(28-2)20(12-15)29-3)23-21(25)17-13-16(5-6-18(17)22)31(26,27)24-8-10-30-11-9-24/h4-7,12-14H,8-11H2,1-3H3,(H,23,25). The summed E-state index contributed by atoms with van der Waals surface area (Å²) in [5.74, 6) is 0.637. The number of halogens is 1. The minimum absolute atomic E-state index is 0.0164. The highest BCUT2D eigenvalue weighted by Gasteiger charge is 2.28. The molecule has 31 heavy (non-hydrogen) atoms. The Kier molecular flexibility index (Phi) is 7.42. The van der Waals surface area contributed by atoms with Gasteiger partial charge in [0, 0.05) is 13.1 Å². The second-order valence-electron chi connectivity index (χ2n) is 6.97. The van der Waals surface area contributed by atoms with Crippen molar-refractivity contribution in [2.75, 3.05) is 40.5 Å². The Morgan fingerprint density at radius 2 is 1.77 bits per heavy atom. The van der Waals surface area contributed by atoms with Crippen LogP contribution in [0.1, 0.15) is 28.9 Å². The molecule has 1 fully saturated rings. The fraction of sp³-hybridized carbons (Fsp3) is 0.381. The number of hydrogen-bond donors (Lipinski definition) is 1. The molecule has 168 valence electrons. The van der Waals surface area contributed by atoms with Crippen LogP contribution in [0, 0.1) is 0 Å². The molecular weight excluding hydrogens is 444 g/mol. The van der Waals surface area contributed by atoms with E-state index in [1.165, 1.54) is 29.6 Å². The van der Waals surface area contributed by atoms with Gasteiger partial charge in [0.15, 0.2) is 11.5 Å². The van der Waals surface area contributed by atoms with Crippen LogP contribution in [0.3, 0.4) is 0 Å². The zero-order chi connectivity index (χ0) is 22.6. The van der Waals surface area contributed by atoms with E-state index in [0.717, 1.165) is 5.56 Å². The third-order valence-corrected chi connectivity index (χ3v) is 7.27. The smallest absolute Gasteiger partial charge is 0.253 e. The summed E-state index contributed by atoms with van der Waals surface area (Å²) in [6.45, 7) is 3.01. The maximum Gasteiger partial charge on any atom is 0.253 e. The van der Waals surface area contributed by atoms with E-state index >= 15 is 0 Å². The van der Waals surface area contributed by atoms with Gasteiger partial charge in [-0.25, -0.2) is 8.42 Å². The second kappa shape index (κ2) is 9.86. The lowest BCUT2D eigenvalue weighted by molar-refractivity contribution is 0.0730. The number of nitrogens with one attached hydrogen (secondary N) is 1. The topological polar surface area (TPSA) is 94.2 Å². The van der Waals surface area contributed by atoms with Crippen LogP contribution in [0.5, 0.6) is 11.5 Å². The molecule has 0 aliphatic carbocycles. The molecule has 1 unspecified atom stereocenters. The van der Waals surface area contributed by atoms with Gasteiger partial charge in [-0.3, -0.25) is 4.79 Å². The third kappa shape index (κ3) is 5.12. The van der Waals surface area contributed by atoms with E-state index in [2.05, 4.69) is 5.32 Å². The van der Waals surface area contributed by atoms with E-state index in [1.54, 1.807) is 26.2 Å². The molecule has 0 spiro atoms. The molecule has 0 aromatic heterocycles. The van der Waals surface area contributed by atoms with E-state index in [9.17, 15) is 13.2 Å². The number of ether oxygens (including phenoxy) is 3. The first-order chi connectivity index (χ1) is 14.8. The van der Waals surface area contributed by atoms with Crippen molar-refractivity contribution >= 4 is 27.5 Å². The van der Waals surface area contributed by atoms with Gasteiger partial charge in [0.2, 0.25) is 10.0 Å². The van der Waals surface area contributed by atoms with Crippen LogP contribution in [-0.4, -0.2) is 59.2 Å². The van der Waals surface area contributed by atoms with Crippen molar-refractivity contribution in [2.24, 2.45) is 0 Å². The number of hydrogen-bond acceptors (Lipinski definition) is 6. The van der Waals surface area contributed by atoms with Crippen LogP contribution in [0.2, 0.25) is 5.02 Å². The molecule has 1 N–H and O–H groups in total. The molecule has 1 aliphatic rings. The molecule has 0 radical (unpaired) electrons. The average molecular weight is 469 g/mol. The van der Waals surface area contributed by atoms with Crippen LogP contribution in [0.15, 0.2) is 41.3 Å². The number of methoxy groups -OCH3 is 2. The van der Waals surface area contributed by atoms with E-state index in [1.807, 2.05) is 6.07 Å². The first kappa shape index (κ1) is 23.3. The van der Waals surface area contributed by atoms with Crippen LogP contribution in [-0.2, 0) is 14.8 Å². The number of sulfonamides is 1. The van der Waals surface area contributed by atoms with E-state index in [4.69, 9.17) is 25.8 Å². The molecule has 1 saturated heterocycles. The second-order valence-corrected chi connectivity index (χ2v) is 9.31. The number of carbonyl (C=O) groups excluding carboxylic acids is 1. The van der Waals surface area contributed by atoms with E-state index in [0.29, 0.717) is 24.7 Å². The summed E-state index contributed by atoms with van der Waals surface area (Å²) in [6.07, 6.45) is 0. The Balaban J connectivity index is 1.82. The lowest BCUT2D eigenvalue weighted by Gasteiger charge is -2.26. The quantitative estimate of drug-likeness (QED) is 0.671. The Morgan fingerprint density at radius 3 is 2.42 bits per heavy atom. The lowest BCUT2D eigenvalue weighted by atomic mass is 10.1. The summed E-state index contributed by atoms with van der Waals surface area (Å²) in [5, 5.41) is 3.02. The lowest BCUT2D eigenvalue weighted by Crippen LogP contribution is -2.40. The van der Waals surface area contributed by atoms with E-state index in [-0.39, 0.29) is 34.6 Å². The van der Waals surface area contributed by atoms with Crippen molar-refractivity contribution in [3.63, 3.8) is 0 Å². The van der Waals surface area contributed by atoms with Gasteiger partial charge in [0.1, 0.15) is 0 Å². The number of nitrogens with zero attached hydrogens (tertiary/aromatic N) is 1. The summed E-state index contributed by atoms with van der Waals surface area (Å²) >= 11 is 6.22. The Morgan fingerprint density at radius 1 is 1.10 bits per heavy atom. The predicted octanol–water partition coefficient (Wildman–Crippen LogP) is 2.87. The molecule has 0 bridgehead atoms. The SMILES string of the molecule is COc1ccc(C(C)NC(=O)c2cc(S(=O)(=O)N3CCOCC3)ccc2Cl)cc1OC. The molecule has 10 heteroatoms. The van der Waals surface area contributed by atoms with Gasteiger partial charge in [-0.1, -0.05) is 17.7 Å². The largest absolute Gasteiger partial charge is 0.493 e. The van der Waals surface area contributed by atoms with Crippen LogP contribution in [0.25, 0.3) is 0 Å². The maximum absolute atomic E-state index is 12.9. The number of amides is 1. The fourth-order valence-electron chi connectivity index (χ4n) is 3.25. The minimum Gasteiger partial charge on any atom is -0.493 e. The Hall–Kier alpha value is -2.33. The number of benzene rings is 2. The van der Waals surface area contributed by atoms with Gasteiger partial charge in [-0.2, -0.15) is 4.31 Å². The molecule has 8 nitrogen and oxygen atoms in total. The summed E-state index contributed by atoms with van der Waals surface area (Å²) < 4.78 is 42.9. The molecule has 1 heterocycles. The molecule has 0 saturated carbocycles. The van der Waals surface area contributed by atoms with Gasteiger partial charge in [-0.05, 0) is 42.8 Å². The van der Waals surface area contributed by atoms with Crippen LogP contribution < -0.4 is 14.8 Å². The number of rotatable bonds is 7. The van der Waals surface area contributed by atoms with E-state index < -0.39 is 15.9 Å². The first-order valence-corrected chi connectivity index (χ1v) is 11.5. The predicted molar refractivity (Wildman–Crippen MR) is 116 cm³/mol. The molecular formula is C21H25ClN2O6S. The van der Waals surface area contributed by atoms with Crippen LogP contribution >= 0.6 is 11.6 Å². The van der Waals surface area contributed by atoms with Crippen molar-refractivity contribution in [1.82, 2.24) is 9.62 Å². The van der Waals surface area contributed by atoms with Crippen molar-refractivity contribution in [3.05, 3.63) is 52.5 Å². The maximum atomic E-state index is 12.9. The summed E-state index contributed by atoms with van der Waals surface area (Å²) in [6, 6.07) is 9.08. The number of morpholine rings is 1. The number of carbonyl (C=O) groups is 1. The Labute approximate surface area is 187 Å². The van der Waals surface area contributed by atoms with Gasteiger partial charge in [0.25, 0.3) is 5.91 Å². The van der Waals surface area contributed by atoms with Gasteiger partial charge < -0.3 is 19.5 Å². The highest BCUT2D eigenvalue weighted by atomic mass is 35.5. The molecule has 1 amide bonds. The third-order valence-electron chi connectivity index (χ3n) is 5.05.